The predicted molar refractivity (Wildman–Crippen MR) is 86.7 cm³/mol. The molecular formula is C17H17AlNO2. The smallest absolute Gasteiger partial charge is 0.141 e. The fourth-order valence-electron chi connectivity index (χ4n) is 1.79. The summed E-state index contributed by atoms with van der Waals surface area (Å²) in [6.45, 7) is 3.78. The van der Waals surface area contributed by atoms with Crippen molar-refractivity contribution in [2.45, 2.75) is 13.8 Å². The normalized spacial score (nSPS) is 9.43. The van der Waals surface area contributed by atoms with Gasteiger partial charge in [-0.1, -0.05) is 36.4 Å². The maximum absolute atomic E-state index is 9.43. The molecule has 0 bridgehead atoms. The zero-order valence-corrected chi connectivity index (χ0v) is 13.3. The number of rotatable bonds is 0. The summed E-state index contributed by atoms with van der Waals surface area (Å²) in [4.78, 5) is 4.23. The van der Waals surface area contributed by atoms with Gasteiger partial charge >= 0.3 is 0 Å². The Morgan fingerprint density at radius 2 is 1.43 bits per heavy atom. The zero-order chi connectivity index (χ0) is 14.5. The molecule has 0 fully saturated rings. The molecule has 4 heteroatoms. The van der Waals surface area contributed by atoms with Gasteiger partial charge in [-0.15, -0.1) is 0 Å². The van der Waals surface area contributed by atoms with E-state index in [0.717, 1.165) is 16.6 Å². The number of nitrogens with zero attached hydrogens (tertiary/aromatic N) is 1. The molecule has 1 heterocycles. The van der Waals surface area contributed by atoms with Crippen LogP contribution in [-0.2, 0) is 0 Å². The highest BCUT2D eigenvalue weighted by Gasteiger charge is 1.98. The van der Waals surface area contributed by atoms with Crippen molar-refractivity contribution < 1.29 is 10.2 Å². The Bertz CT molecular complexity index is 708. The molecule has 3 aromatic rings. The Labute approximate surface area is 135 Å². The lowest BCUT2D eigenvalue weighted by Gasteiger charge is -1.99. The number of aromatic nitrogens is 1. The largest absolute Gasteiger partial charge is 0.508 e. The lowest BCUT2D eigenvalue weighted by atomic mass is 10.2. The molecule has 0 unspecified atom stereocenters. The van der Waals surface area contributed by atoms with Gasteiger partial charge in [0.2, 0.25) is 0 Å². The first-order valence-corrected chi connectivity index (χ1v) is 6.38. The number of hydrogen-bond donors (Lipinski definition) is 2. The third-order valence-electron chi connectivity index (χ3n) is 2.95. The van der Waals surface area contributed by atoms with Crippen LogP contribution in [0.5, 0.6) is 11.5 Å². The van der Waals surface area contributed by atoms with E-state index in [9.17, 15) is 5.11 Å². The fourth-order valence-corrected chi connectivity index (χ4v) is 1.79. The number of aryl methyl sites for hydroxylation is 2. The van der Waals surface area contributed by atoms with Gasteiger partial charge in [0.15, 0.2) is 0 Å². The number of benzene rings is 2. The minimum absolute atomic E-state index is 0. The Balaban J connectivity index is 0.000000216. The molecule has 0 aliphatic carbocycles. The summed E-state index contributed by atoms with van der Waals surface area (Å²) in [7, 11) is 0. The number of aromatic hydroxyl groups is 2. The van der Waals surface area contributed by atoms with Crippen molar-refractivity contribution in [1.29, 1.82) is 0 Å². The van der Waals surface area contributed by atoms with E-state index in [4.69, 9.17) is 5.11 Å². The maximum Gasteiger partial charge on any atom is 0.141 e. The highest BCUT2D eigenvalue weighted by molar-refractivity contribution is 5.84. The highest BCUT2D eigenvalue weighted by atomic mass is 27.0. The first kappa shape index (κ1) is 17.0. The van der Waals surface area contributed by atoms with Crippen LogP contribution in [-0.4, -0.2) is 32.6 Å². The van der Waals surface area contributed by atoms with Crippen molar-refractivity contribution in [3.8, 4) is 11.5 Å². The standard InChI is InChI=1S/C10H9NO.C7H8O.Al/c1-7-5-6-8-3-2-4-9(12)10(8)11-7;1-6-4-2-3-5-7(6)8;/h2-6,12H,1H3;2-5,8H,1H3;. The van der Waals surface area contributed by atoms with E-state index < -0.39 is 0 Å². The first-order chi connectivity index (χ1) is 9.58. The SMILES string of the molecule is Cc1ccc2cccc(O)c2n1.Cc1ccccc1O.[Al]. The topological polar surface area (TPSA) is 53.4 Å². The third kappa shape index (κ3) is 4.49. The number of hydrogen-bond acceptors (Lipinski definition) is 3. The van der Waals surface area contributed by atoms with Crippen LogP contribution in [0.15, 0.2) is 54.6 Å². The molecule has 105 valence electrons. The Morgan fingerprint density at radius 3 is 2.05 bits per heavy atom. The van der Waals surface area contributed by atoms with E-state index in [-0.39, 0.29) is 23.1 Å². The van der Waals surface area contributed by atoms with Gasteiger partial charge in [0.1, 0.15) is 17.0 Å². The minimum Gasteiger partial charge on any atom is -0.508 e. The molecule has 3 nitrogen and oxygen atoms in total. The summed E-state index contributed by atoms with van der Waals surface area (Å²) >= 11 is 0. The quantitative estimate of drug-likeness (QED) is 0.623. The van der Waals surface area contributed by atoms with Crippen molar-refractivity contribution in [1.82, 2.24) is 4.98 Å². The molecule has 0 amide bonds. The Morgan fingerprint density at radius 1 is 0.762 bits per heavy atom. The van der Waals surface area contributed by atoms with Crippen LogP contribution in [0.1, 0.15) is 11.3 Å². The van der Waals surface area contributed by atoms with Crippen molar-refractivity contribution in [3.05, 3.63) is 65.9 Å². The van der Waals surface area contributed by atoms with Crippen LogP contribution in [0.4, 0.5) is 0 Å². The van der Waals surface area contributed by atoms with Crippen molar-refractivity contribution in [3.63, 3.8) is 0 Å². The van der Waals surface area contributed by atoms with E-state index in [2.05, 4.69) is 4.98 Å². The van der Waals surface area contributed by atoms with Gasteiger partial charge in [0, 0.05) is 28.4 Å². The molecule has 3 radical (unpaired) electrons. The number of phenolic OH excluding ortho intramolecular Hbond substituents is 2. The molecule has 3 rings (SSSR count). The van der Waals surface area contributed by atoms with Crippen LogP contribution in [0, 0.1) is 13.8 Å². The average molecular weight is 294 g/mol. The third-order valence-corrected chi connectivity index (χ3v) is 2.95. The van der Waals surface area contributed by atoms with Gasteiger partial charge in [-0.2, -0.15) is 0 Å². The second-order valence-electron chi connectivity index (χ2n) is 4.59. The summed E-state index contributed by atoms with van der Waals surface area (Å²) in [6, 6.07) is 16.5. The van der Waals surface area contributed by atoms with Crippen LogP contribution in [0.2, 0.25) is 0 Å². The van der Waals surface area contributed by atoms with Crippen molar-refractivity contribution in [2.75, 3.05) is 0 Å². The van der Waals surface area contributed by atoms with Gasteiger partial charge in [0.05, 0.1) is 0 Å². The van der Waals surface area contributed by atoms with E-state index in [1.165, 1.54) is 0 Å². The molecule has 0 spiro atoms. The lowest BCUT2D eigenvalue weighted by molar-refractivity contribution is 0.471. The molecule has 0 aliphatic heterocycles. The van der Waals surface area contributed by atoms with Gasteiger partial charge in [-0.05, 0) is 37.6 Å². The van der Waals surface area contributed by atoms with E-state index in [1.54, 1.807) is 12.1 Å². The van der Waals surface area contributed by atoms with Gasteiger partial charge < -0.3 is 10.2 Å². The number of phenols is 2. The number of pyridine rings is 1. The van der Waals surface area contributed by atoms with Gasteiger partial charge in [-0.3, -0.25) is 0 Å². The highest BCUT2D eigenvalue weighted by Crippen LogP contribution is 2.21. The van der Waals surface area contributed by atoms with E-state index in [1.807, 2.05) is 56.3 Å². The Hall–Kier alpha value is -2.02. The average Bonchev–Trinajstić information content (AvgIpc) is 2.44. The molecule has 1 aromatic heterocycles. The first-order valence-electron chi connectivity index (χ1n) is 6.38. The molecule has 0 aliphatic rings. The number of para-hydroxylation sites is 2. The minimum atomic E-state index is 0. The molecule has 2 aromatic carbocycles. The fraction of sp³-hybridized carbons (Fsp3) is 0.118. The summed E-state index contributed by atoms with van der Waals surface area (Å²) < 4.78 is 0. The molecule has 0 saturated carbocycles. The van der Waals surface area contributed by atoms with Crippen LogP contribution >= 0.6 is 0 Å². The summed E-state index contributed by atoms with van der Waals surface area (Å²) in [5.41, 5.74) is 2.52. The van der Waals surface area contributed by atoms with Gasteiger partial charge in [-0.25, -0.2) is 4.98 Å². The monoisotopic (exact) mass is 294 g/mol. The second-order valence-corrected chi connectivity index (χ2v) is 4.59. The molecule has 21 heavy (non-hydrogen) atoms. The van der Waals surface area contributed by atoms with Crippen LogP contribution < -0.4 is 0 Å². The summed E-state index contributed by atoms with van der Waals surface area (Å²) in [5.74, 6) is 0.615. The predicted octanol–water partition coefficient (Wildman–Crippen LogP) is 3.57. The van der Waals surface area contributed by atoms with Crippen molar-refractivity contribution >= 4 is 28.3 Å². The van der Waals surface area contributed by atoms with E-state index in [0.29, 0.717) is 11.3 Å². The Kier molecular flexibility index (Phi) is 6.23. The molecular weight excluding hydrogens is 277 g/mol. The summed E-state index contributed by atoms with van der Waals surface area (Å²) in [5, 5.41) is 19.3. The molecule has 0 saturated heterocycles. The summed E-state index contributed by atoms with van der Waals surface area (Å²) in [6.07, 6.45) is 0. The van der Waals surface area contributed by atoms with Crippen LogP contribution in [0.25, 0.3) is 10.9 Å². The molecule has 0 atom stereocenters. The second kappa shape index (κ2) is 7.68. The lowest BCUT2D eigenvalue weighted by Crippen LogP contribution is -1.82. The van der Waals surface area contributed by atoms with E-state index >= 15 is 0 Å². The zero-order valence-electron chi connectivity index (χ0n) is 12.1. The molecule has 2 N–H and O–H groups in total. The maximum atomic E-state index is 9.43. The van der Waals surface area contributed by atoms with Crippen LogP contribution in [0.3, 0.4) is 0 Å². The number of fused-ring (bicyclic) bond motifs is 1. The van der Waals surface area contributed by atoms with Gasteiger partial charge in [0.25, 0.3) is 0 Å². The van der Waals surface area contributed by atoms with Crippen molar-refractivity contribution in [2.24, 2.45) is 0 Å².